The minimum absolute atomic E-state index is 0.0298. The number of carbonyl (C=O) groups excluding carboxylic acids is 1. The number of anilines is 3. The summed E-state index contributed by atoms with van der Waals surface area (Å²) in [6.45, 7) is 3.26. The fourth-order valence-electron chi connectivity index (χ4n) is 2.28. The van der Waals surface area contributed by atoms with Gasteiger partial charge in [-0.2, -0.15) is 9.97 Å². The molecule has 0 saturated carbocycles. The molecular formula is C12H20N6O. The number of nitrogen functional groups attached to an aromatic ring is 1. The molecule has 1 amide bonds. The molecule has 1 saturated heterocycles. The van der Waals surface area contributed by atoms with Crippen molar-refractivity contribution in [1.29, 1.82) is 0 Å². The zero-order chi connectivity index (χ0) is 13.8. The predicted molar refractivity (Wildman–Crippen MR) is 75.0 cm³/mol. The third-order valence-corrected chi connectivity index (χ3v) is 3.21. The van der Waals surface area contributed by atoms with E-state index in [-0.39, 0.29) is 17.9 Å². The summed E-state index contributed by atoms with van der Waals surface area (Å²) < 4.78 is 0. The number of nitrogens with zero attached hydrogens (tertiary/aromatic N) is 3. The van der Waals surface area contributed by atoms with Gasteiger partial charge in [0.2, 0.25) is 11.9 Å². The van der Waals surface area contributed by atoms with Crippen LogP contribution < -0.4 is 21.3 Å². The molecule has 1 aromatic heterocycles. The van der Waals surface area contributed by atoms with Gasteiger partial charge in [-0.3, -0.25) is 4.79 Å². The number of aromatic nitrogens is 2. The molecule has 1 aliphatic rings. The summed E-state index contributed by atoms with van der Waals surface area (Å²) in [7, 11) is 1.80. The van der Waals surface area contributed by atoms with E-state index >= 15 is 0 Å². The molecule has 1 aromatic rings. The first-order valence-electron chi connectivity index (χ1n) is 6.43. The van der Waals surface area contributed by atoms with Crippen molar-refractivity contribution in [3.8, 4) is 0 Å². The lowest BCUT2D eigenvalue weighted by Crippen LogP contribution is -2.44. The van der Waals surface area contributed by atoms with Gasteiger partial charge in [-0.05, 0) is 12.8 Å². The Morgan fingerprint density at radius 3 is 2.68 bits per heavy atom. The molecule has 1 fully saturated rings. The fraction of sp³-hybridized carbons (Fsp3) is 0.583. The van der Waals surface area contributed by atoms with Gasteiger partial charge in [0, 0.05) is 39.2 Å². The van der Waals surface area contributed by atoms with Crippen molar-refractivity contribution in [2.45, 2.75) is 25.8 Å². The molecule has 0 bridgehead atoms. The van der Waals surface area contributed by atoms with E-state index in [0.29, 0.717) is 5.82 Å². The maximum atomic E-state index is 11.0. The van der Waals surface area contributed by atoms with Crippen LogP contribution in [0.3, 0.4) is 0 Å². The lowest BCUT2D eigenvalue weighted by atomic mass is 10.1. The Labute approximate surface area is 112 Å². The Morgan fingerprint density at radius 2 is 2.11 bits per heavy atom. The maximum absolute atomic E-state index is 11.0. The van der Waals surface area contributed by atoms with Crippen LogP contribution in [0.5, 0.6) is 0 Å². The summed E-state index contributed by atoms with van der Waals surface area (Å²) in [6, 6.07) is 2.14. The van der Waals surface area contributed by atoms with Crippen LogP contribution >= 0.6 is 0 Å². The number of rotatable bonds is 3. The Hall–Kier alpha value is -2.05. The molecule has 2 rings (SSSR count). The van der Waals surface area contributed by atoms with Gasteiger partial charge in [-0.15, -0.1) is 0 Å². The highest BCUT2D eigenvalue weighted by atomic mass is 16.1. The van der Waals surface area contributed by atoms with Gasteiger partial charge in [0.15, 0.2) is 0 Å². The molecule has 2 heterocycles. The van der Waals surface area contributed by atoms with E-state index in [2.05, 4.69) is 25.5 Å². The molecule has 0 unspecified atom stereocenters. The molecule has 0 spiro atoms. The highest BCUT2D eigenvalue weighted by Gasteiger charge is 2.21. The SMILES string of the molecule is CNc1cc(N2CCC(NC(C)=O)CC2)nc(N)n1. The van der Waals surface area contributed by atoms with Gasteiger partial charge >= 0.3 is 0 Å². The normalized spacial score (nSPS) is 16.2. The van der Waals surface area contributed by atoms with Crippen LogP contribution in [-0.4, -0.2) is 42.1 Å². The topological polar surface area (TPSA) is 96.2 Å². The van der Waals surface area contributed by atoms with Crippen LogP contribution in [0.1, 0.15) is 19.8 Å². The largest absolute Gasteiger partial charge is 0.373 e. The van der Waals surface area contributed by atoms with Crippen molar-refractivity contribution in [2.24, 2.45) is 0 Å². The number of nitrogens with two attached hydrogens (primary N) is 1. The zero-order valence-corrected chi connectivity index (χ0v) is 11.3. The average molecular weight is 264 g/mol. The zero-order valence-electron chi connectivity index (χ0n) is 11.3. The summed E-state index contributed by atoms with van der Waals surface area (Å²) in [4.78, 5) is 21.5. The van der Waals surface area contributed by atoms with Gasteiger partial charge in [-0.1, -0.05) is 0 Å². The van der Waals surface area contributed by atoms with E-state index in [1.807, 2.05) is 6.07 Å². The molecule has 1 aliphatic heterocycles. The van der Waals surface area contributed by atoms with Crippen LogP contribution in [0.15, 0.2) is 6.07 Å². The maximum Gasteiger partial charge on any atom is 0.223 e. The molecule has 19 heavy (non-hydrogen) atoms. The molecule has 7 nitrogen and oxygen atoms in total. The predicted octanol–water partition coefficient (Wildman–Crippen LogP) is 0.205. The minimum Gasteiger partial charge on any atom is -0.373 e. The smallest absolute Gasteiger partial charge is 0.223 e. The minimum atomic E-state index is 0.0298. The average Bonchev–Trinajstić information content (AvgIpc) is 2.38. The monoisotopic (exact) mass is 264 g/mol. The third-order valence-electron chi connectivity index (χ3n) is 3.21. The summed E-state index contributed by atoms with van der Waals surface area (Å²) in [5.74, 6) is 1.85. The van der Waals surface area contributed by atoms with Crippen molar-refractivity contribution in [1.82, 2.24) is 15.3 Å². The summed E-state index contributed by atoms with van der Waals surface area (Å²) in [6.07, 6.45) is 1.83. The van der Waals surface area contributed by atoms with E-state index in [4.69, 9.17) is 5.73 Å². The summed E-state index contributed by atoms with van der Waals surface area (Å²) in [5.41, 5.74) is 5.69. The van der Waals surface area contributed by atoms with Crippen LogP contribution in [0.25, 0.3) is 0 Å². The lowest BCUT2D eigenvalue weighted by Gasteiger charge is -2.33. The number of hydrogen-bond acceptors (Lipinski definition) is 6. The first kappa shape index (κ1) is 13.4. The molecule has 0 aromatic carbocycles. The van der Waals surface area contributed by atoms with Crippen LogP contribution in [0, 0.1) is 0 Å². The van der Waals surface area contributed by atoms with Gasteiger partial charge in [0.25, 0.3) is 0 Å². The molecule has 0 atom stereocenters. The van der Waals surface area contributed by atoms with Crippen molar-refractivity contribution >= 4 is 23.5 Å². The summed E-state index contributed by atoms with van der Waals surface area (Å²) in [5, 5.41) is 5.92. The van der Waals surface area contributed by atoms with Gasteiger partial charge in [-0.25, -0.2) is 0 Å². The third kappa shape index (κ3) is 3.46. The first-order valence-corrected chi connectivity index (χ1v) is 6.43. The summed E-state index contributed by atoms with van der Waals surface area (Å²) >= 11 is 0. The Kier molecular flexibility index (Phi) is 4.03. The van der Waals surface area contributed by atoms with Crippen molar-refractivity contribution < 1.29 is 4.79 Å². The Morgan fingerprint density at radius 1 is 1.42 bits per heavy atom. The highest BCUT2D eigenvalue weighted by molar-refractivity contribution is 5.73. The number of piperidine rings is 1. The van der Waals surface area contributed by atoms with E-state index in [1.165, 1.54) is 0 Å². The molecule has 0 aliphatic carbocycles. The Balaban J connectivity index is 2.01. The van der Waals surface area contributed by atoms with Gasteiger partial charge in [0.1, 0.15) is 11.6 Å². The standard InChI is InChI=1S/C12H20N6O/c1-8(19)15-9-3-5-18(6-4-9)11-7-10(14-2)16-12(13)17-11/h7,9H,3-6H2,1-2H3,(H,15,19)(H3,13,14,16,17). The second-order valence-electron chi connectivity index (χ2n) is 4.68. The second kappa shape index (κ2) is 5.73. The number of carbonyl (C=O) groups is 1. The van der Waals surface area contributed by atoms with Gasteiger partial charge in [0.05, 0.1) is 0 Å². The molecule has 4 N–H and O–H groups in total. The lowest BCUT2D eigenvalue weighted by molar-refractivity contribution is -0.119. The second-order valence-corrected chi connectivity index (χ2v) is 4.68. The molecule has 0 radical (unpaired) electrons. The van der Waals surface area contributed by atoms with Gasteiger partial charge < -0.3 is 21.3 Å². The fourth-order valence-corrected chi connectivity index (χ4v) is 2.28. The Bertz CT molecular complexity index is 456. The number of hydrogen-bond donors (Lipinski definition) is 3. The quantitative estimate of drug-likeness (QED) is 0.722. The van der Waals surface area contributed by atoms with Crippen molar-refractivity contribution in [3.63, 3.8) is 0 Å². The van der Waals surface area contributed by atoms with E-state index < -0.39 is 0 Å². The molecule has 104 valence electrons. The number of nitrogens with one attached hydrogen (secondary N) is 2. The first-order chi connectivity index (χ1) is 9.08. The van der Waals surface area contributed by atoms with Crippen LogP contribution in [0.2, 0.25) is 0 Å². The van der Waals surface area contributed by atoms with E-state index in [9.17, 15) is 4.79 Å². The number of amides is 1. The van der Waals surface area contributed by atoms with Crippen LogP contribution in [0.4, 0.5) is 17.6 Å². The van der Waals surface area contributed by atoms with Crippen molar-refractivity contribution in [2.75, 3.05) is 36.1 Å². The van der Waals surface area contributed by atoms with Crippen molar-refractivity contribution in [3.05, 3.63) is 6.07 Å². The van der Waals surface area contributed by atoms with Crippen LogP contribution in [-0.2, 0) is 4.79 Å². The molecular weight excluding hydrogens is 244 g/mol. The van der Waals surface area contributed by atoms with E-state index in [0.717, 1.165) is 31.7 Å². The van der Waals surface area contributed by atoms with E-state index in [1.54, 1.807) is 14.0 Å². The molecule has 7 heteroatoms. The highest BCUT2D eigenvalue weighted by Crippen LogP contribution is 2.21.